The minimum atomic E-state index is -3.29. The van der Waals surface area contributed by atoms with E-state index in [9.17, 15) is 27.5 Å². The summed E-state index contributed by atoms with van der Waals surface area (Å²) < 4.78 is 52.3. The van der Waals surface area contributed by atoms with Crippen LogP contribution in [0.2, 0.25) is 0 Å². The molecule has 1 aliphatic heterocycles. The van der Waals surface area contributed by atoms with Gasteiger partial charge >= 0.3 is 6.43 Å². The molecule has 2 atom stereocenters. The Kier molecular flexibility index (Phi) is 6.18. The summed E-state index contributed by atoms with van der Waals surface area (Å²) >= 11 is 0. The maximum atomic E-state index is 14.6. The van der Waals surface area contributed by atoms with Gasteiger partial charge in [-0.05, 0) is 24.2 Å². The normalized spacial score (nSPS) is 18.2. The zero-order chi connectivity index (χ0) is 21.2. The topological polar surface area (TPSA) is 65.5 Å². The van der Waals surface area contributed by atoms with Gasteiger partial charge in [-0.15, -0.1) is 0 Å². The molecule has 1 fully saturated rings. The predicted molar refractivity (Wildman–Crippen MR) is 98.8 cm³/mol. The number of hydrogen-bond donors (Lipinski definition) is 2. The molecule has 9 heteroatoms. The van der Waals surface area contributed by atoms with Crippen molar-refractivity contribution in [3.8, 4) is 11.1 Å². The summed E-state index contributed by atoms with van der Waals surface area (Å²) in [6.07, 6.45) is -3.23. The van der Waals surface area contributed by atoms with E-state index in [1.807, 2.05) is 11.9 Å². The number of likely N-dealkylation sites (N-methyl/N-ethyl adjacent to an activating group) is 1. The molecule has 0 saturated carbocycles. The number of likely N-dealkylation sites (tertiary alicyclic amines) is 1. The van der Waals surface area contributed by atoms with Crippen LogP contribution in [-0.2, 0) is 10.5 Å². The SMILES string of the molecule is CN1CC(F)(c2ccc(-c3ccc(C(O)C(CF)NC(=O)C(F)F)cc3)cn2)C1. The van der Waals surface area contributed by atoms with Gasteiger partial charge in [-0.2, -0.15) is 8.78 Å². The molecule has 2 heterocycles. The minimum absolute atomic E-state index is 0.260. The fourth-order valence-electron chi connectivity index (χ4n) is 3.35. The first-order chi connectivity index (χ1) is 13.7. The van der Waals surface area contributed by atoms with Crippen LogP contribution in [0, 0.1) is 0 Å². The fourth-order valence-corrected chi connectivity index (χ4v) is 3.35. The van der Waals surface area contributed by atoms with E-state index in [-0.39, 0.29) is 5.56 Å². The number of amides is 1. The predicted octanol–water partition coefficient (Wildman–Crippen LogP) is 2.61. The number of aromatic nitrogens is 1. The van der Waals surface area contributed by atoms with Gasteiger partial charge in [-0.3, -0.25) is 14.7 Å². The van der Waals surface area contributed by atoms with Crippen LogP contribution in [0.4, 0.5) is 17.6 Å². The average molecular weight is 411 g/mol. The fraction of sp³-hybridized carbons (Fsp3) is 0.400. The molecule has 1 saturated heterocycles. The number of nitrogens with one attached hydrogen (secondary N) is 1. The monoisotopic (exact) mass is 411 g/mol. The van der Waals surface area contributed by atoms with E-state index >= 15 is 0 Å². The molecule has 2 N–H and O–H groups in total. The van der Waals surface area contributed by atoms with Crippen LogP contribution in [0.25, 0.3) is 11.1 Å². The van der Waals surface area contributed by atoms with Crippen molar-refractivity contribution in [2.45, 2.75) is 24.2 Å². The lowest BCUT2D eigenvalue weighted by molar-refractivity contribution is -0.133. The zero-order valence-corrected chi connectivity index (χ0v) is 15.7. The number of benzene rings is 1. The number of pyridine rings is 1. The largest absolute Gasteiger partial charge is 0.386 e. The number of carbonyl (C=O) groups excluding carboxylic acids is 1. The van der Waals surface area contributed by atoms with Crippen molar-refractivity contribution in [1.29, 1.82) is 0 Å². The highest BCUT2D eigenvalue weighted by Gasteiger charge is 2.44. The number of aliphatic hydroxyl groups is 1. The van der Waals surface area contributed by atoms with Crippen LogP contribution >= 0.6 is 0 Å². The third kappa shape index (κ3) is 4.56. The smallest absolute Gasteiger partial charge is 0.315 e. The molecule has 0 spiro atoms. The lowest BCUT2D eigenvalue weighted by Gasteiger charge is -2.41. The molecule has 1 aliphatic rings. The second-order valence-corrected chi connectivity index (χ2v) is 7.21. The standard InChI is InChI=1S/C20H21F4N3O2/c1-27-10-20(24,11-27)16-7-6-14(9-25-16)12-2-4-13(5-3-12)17(28)15(8-21)26-19(29)18(22)23/h2-7,9,15,17-18,28H,8,10-11H2,1H3,(H,26,29). The van der Waals surface area contributed by atoms with Gasteiger partial charge in [-0.25, -0.2) is 8.78 Å². The first-order valence-electron chi connectivity index (χ1n) is 9.00. The minimum Gasteiger partial charge on any atom is -0.386 e. The highest BCUT2D eigenvalue weighted by Crippen LogP contribution is 2.34. The molecule has 29 heavy (non-hydrogen) atoms. The molecular formula is C20H21F4N3O2. The van der Waals surface area contributed by atoms with Crippen LogP contribution in [0.3, 0.4) is 0 Å². The maximum Gasteiger partial charge on any atom is 0.315 e. The Morgan fingerprint density at radius 3 is 2.31 bits per heavy atom. The lowest BCUT2D eigenvalue weighted by Crippen LogP contribution is -2.54. The Hall–Kier alpha value is -2.52. The van der Waals surface area contributed by atoms with Gasteiger partial charge in [0.15, 0.2) is 5.67 Å². The van der Waals surface area contributed by atoms with E-state index in [1.165, 1.54) is 12.1 Å². The Balaban J connectivity index is 1.70. The van der Waals surface area contributed by atoms with Gasteiger partial charge in [0.1, 0.15) is 12.8 Å². The number of hydrogen-bond acceptors (Lipinski definition) is 4. The van der Waals surface area contributed by atoms with Crippen LogP contribution in [0.1, 0.15) is 17.4 Å². The van der Waals surface area contributed by atoms with Crippen LogP contribution < -0.4 is 5.32 Å². The van der Waals surface area contributed by atoms with E-state index in [1.54, 1.807) is 35.8 Å². The van der Waals surface area contributed by atoms with Gasteiger partial charge in [0.25, 0.3) is 5.91 Å². The molecular weight excluding hydrogens is 390 g/mol. The van der Waals surface area contributed by atoms with E-state index < -0.39 is 36.8 Å². The number of nitrogens with zero attached hydrogens (tertiary/aromatic N) is 2. The first kappa shape index (κ1) is 21.2. The van der Waals surface area contributed by atoms with E-state index in [4.69, 9.17) is 0 Å². The molecule has 2 aromatic rings. The summed E-state index contributed by atoms with van der Waals surface area (Å²) in [5.74, 6) is -1.64. The molecule has 0 bridgehead atoms. The van der Waals surface area contributed by atoms with Crippen molar-refractivity contribution in [1.82, 2.24) is 15.2 Å². The van der Waals surface area contributed by atoms with Gasteiger partial charge in [0, 0.05) is 24.8 Å². The molecule has 2 unspecified atom stereocenters. The molecule has 3 rings (SSSR count). The first-order valence-corrected chi connectivity index (χ1v) is 9.00. The Morgan fingerprint density at radius 2 is 1.83 bits per heavy atom. The Morgan fingerprint density at radius 1 is 1.21 bits per heavy atom. The van der Waals surface area contributed by atoms with Crippen molar-refractivity contribution in [2.24, 2.45) is 0 Å². The van der Waals surface area contributed by atoms with Crippen LogP contribution in [-0.4, -0.2) is 60.2 Å². The van der Waals surface area contributed by atoms with Crippen LogP contribution in [0.5, 0.6) is 0 Å². The second kappa shape index (κ2) is 8.46. The van der Waals surface area contributed by atoms with Crippen molar-refractivity contribution in [3.05, 3.63) is 53.9 Å². The van der Waals surface area contributed by atoms with Crippen molar-refractivity contribution in [3.63, 3.8) is 0 Å². The summed E-state index contributed by atoms with van der Waals surface area (Å²) in [7, 11) is 1.83. The molecule has 156 valence electrons. The number of halogens is 4. The van der Waals surface area contributed by atoms with Gasteiger partial charge in [0.05, 0.1) is 11.7 Å². The zero-order valence-electron chi connectivity index (χ0n) is 15.7. The quantitative estimate of drug-likeness (QED) is 0.688. The maximum absolute atomic E-state index is 14.6. The molecule has 0 radical (unpaired) electrons. The Labute approximate surface area is 165 Å². The van der Waals surface area contributed by atoms with E-state index in [0.717, 1.165) is 11.1 Å². The summed E-state index contributed by atoms with van der Waals surface area (Å²) in [6.45, 7) is -0.611. The highest BCUT2D eigenvalue weighted by atomic mass is 19.3. The van der Waals surface area contributed by atoms with Crippen molar-refractivity contribution < 1.29 is 27.5 Å². The summed E-state index contributed by atoms with van der Waals surface area (Å²) in [5.41, 5.74) is 0.638. The number of aliphatic hydroxyl groups excluding tert-OH is 1. The second-order valence-electron chi connectivity index (χ2n) is 7.21. The van der Waals surface area contributed by atoms with Gasteiger partial charge < -0.3 is 10.4 Å². The number of alkyl halides is 4. The highest BCUT2D eigenvalue weighted by molar-refractivity contribution is 5.79. The third-order valence-electron chi connectivity index (χ3n) is 4.92. The molecule has 0 aliphatic carbocycles. The van der Waals surface area contributed by atoms with Crippen molar-refractivity contribution >= 4 is 5.91 Å². The summed E-state index contributed by atoms with van der Waals surface area (Å²) in [6, 6.07) is 8.17. The number of rotatable bonds is 7. The number of carbonyl (C=O) groups is 1. The Bertz CT molecular complexity index is 840. The molecule has 5 nitrogen and oxygen atoms in total. The summed E-state index contributed by atoms with van der Waals surface area (Å²) in [5, 5.41) is 12.0. The van der Waals surface area contributed by atoms with Gasteiger partial charge in [0.2, 0.25) is 0 Å². The molecule has 1 aromatic carbocycles. The third-order valence-corrected chi connectivity index (χ3v) is 4.92. The van der Waals surface area contributed by atoms with Crippen molar-refractivity contribution in [2.75, 3.05) is 26.8 Å². The van der Waals surface area contributed by atoms with E-state index in [2.05, 4.69) is 4.98 Å². The summed E-state index contributed by atoms with van der Waals surface area (Å²) in [4.78, 5) is 17.1. The van der Waals surface area contributed by atoms with Crippen LogP contribution in [0.15, 0.2) is 42.6 Å². The molecule has 1 aromatic heterocycles. The molecule has 1 amide bonds. The van der Waals surface area contributed by atoms with Gasteiger partial charge in [-0.1, -0.05) is 30.3 Å². The average Bonchev–Trinajstić information content (AvgIpc) is 2.70. The van der Waals surface area contributed by atoms with E-state index in [0.29, 0.717) is 18.8 Å². The lowest BCUT2D eigenvalue weighted by atomic mass is 9.92.